The van der Waals surface area contributed by atoms with Crippen LogP contribution in [0.15, 0.2) is 29.3 Å². The van der Waals surface area contributed by atoms with E-state index < -0.39 is 0 Å². The molecule has 2 unspecified atom stereocenters. The number of nitrogens with zero attached hydrogens (tertiary/aromatic N) is 2. The van der Waals surface area contributed by atoms with Crippen molar-refractivity contribution in [3.05, 3.63) is 29.8 Å². The minimum atomic E-state index is -0.0344. The number of carbonyl (C=O) groups excluding carboxylic acids is 1. The van der Waals surface area contributed by atoms with E-state index >= 15 is 0 Å². The summed E-state index contributed by atoms with van der Waals surface area (Å²) in [6.45, 7) is 8.54. The average molecular weight is 405 g/mol. The predicted octanol–water partition coefficient (Wildman–Crippen LogP) is 2.58. The lowest BCUT2D eigenvalue weighted by Gasteiger charge is -2.28. The fraction of sp³-hybridized carbons (Fsp3) is 0.636. The van der Waals surface area contributed by atoms with Crippen molar-refractivity contribution < 1.29 is 14.3 Å². The van der Waals surface area contributed by atoms with Gasteiger partial charge in [0, 0.05) is 39.2 Å². The van der Waals surface area contributed by atoms with Gasteiger partial charge in [-0.05, 0) is 25.3 Å². The molecule has 0 saturated carbocycles. The first-order valence-corrected chi connectivity index (χ1v) is 10.5. The topological polar surface area (TPSA) is 75.2 Å². The molecule has 162 valence electrons. The fourth-order valence-electron chi connectivity index (χ4n) is 3.25. The van der Waals surface area contributed by atoms with E-state index in [1.54, 1.807) is 19.0 Å². The molecule has 2 rings (SSSR count). The molecular weight excluding hydrogens is 368 g/mol. The lowest BCUT2D eigenvalue weighted by molar-refractivity contribution is -0.127. The highest BCUT2D eigenvalue weighted by molar-refractivity contribution is 5.85. The number of guanidine groups is 1. The van der Waals surface area contributed by atoms with Gasteiger partial charge in [-0.3, -0.25) is 4.79 Å². The second-order valence-electron chi connectivity index (χ2n) is 7.78. The Labute approximate surface area is 174 Å². The monoisotopic (exact) mass is 404 g/mol. The van der Waals surface area contributed by atoms with Gasteiger partial charge in [0.1, 0.15) is 12.3 Å². The van der Waals surface area contributed by atoms with Crippen molar-refractivity contribution in [1.82, 2.24) is 15.5 Å². The largest absolute Gasteiger partial charge is 0.493 e. The number of benzene rings is 1. The maximum absolute atomic E-state index is 12.0. The Morgan fingerprint density at radius 2 is 2.10 bits per heavy atom. The summed E-state index contributed by atoms with van der Waals surface area (Å²) in [4.78, 5) is 18.1. The summed E-state index contributed by atoms with van der Waals surface area (Å²) in [5.41, 5.74) is 1.11. The average Bonchev–Trinajstić information content (AvgIpc) is 2.70. The highest BCUT2D eigenvalue weighted by Gasteiger charge is 2.22. The van der Waals surface area contributed by atoms with Crippen molar-refractivity contribution in [2.75, 3.05) is 40.4 Å². The molecule has 1 heterocycles. The molecule has 0 saturated heterocycles. The van der Waals surface area contributed by atoms with Gasteiger partial charge >= 0.3 is 0 Å². The third-order valence-corrected chi connectivity index (χ3v) is 4.99. The Morgan fingerprint density at radius 3 is 2.79 bits per heavy atom. The third-order valence-electron chi connectivity index (χ3n) is 4.99. The molecule has 1 aliphatic heterocycles. The zero-order valence-corrected chi connectivity index (χ0v) is 18.4. The number of ether oxygens (including phenoxy) is 2. The molecule has 0 bridgehead atoms. The van der Waals surface area contributed by atoms with Crippen LogP contribution in [0.1, 0.15) is 45.2 Å². The van der Waals surface area contributed by atoms with Crippen molar-refractivity contribution in [3.63, 3.8) is 0 Å². The van der Waals surface area contributed by atoms with Crippen LogP contribution in [0.3, 0.4) is 0 Å². The Hall–Kier alpha value is -2.28. The molecule has 0 spiro atoms. The first-order chi connectivity index (χ1) is 13.9. The smallest absolute Gasteiger partial charge is 0.243 e. The third kappa shape index (κ3) is 7.24. The molecule has 1 aromatic rings. The van der Waals surface area contributed by atoms with Crippen molar-refractivity contribution in [1.29, 1.82) is 0 Å². The van der Waals surface area contributed by atoms with Crippen molar-refractivity contribution >= 4 is 11.9 Å². The quantitative estimate of drug-likeness (QED) is 0.489. The Kier molecular flexibility index (Phi) is 9.25. The SMILES string of the molecule is CCOC(CCNC(=NCC(=O)N(C)C)NC1CCOc2ccccc21)C(C)C. The van der Waals surface area contributed by atoms with Crippen LogP contribution in [-0.2, 0) is 9.53 Å². The number of para-hydroxylation sites is 1. The number of aliphatic imine (C=N–C) groups is 1. The van der Waals surface area contributed by atoms with Gasteiger partial charge in [0.2, 0.25) is 5.91 Å². The molecule has 1 amide bonds. The molecule has 7 nitrogen and oxygen atoms in total. The second-order valence-corrected chi connectivity index (χ2v) is 7.78. The van der Waals surface area contributed by atoms with Crippen LogP contribution in [0.25, 0.3) is 0 Å². The molecule has 1 aromatic carbocycles. The Balaban J connectivity index is 2.05. The fourth-order valence-corrected chi connectivity index (χ4v) is 3.25. The number of hydrogen-bond acceptors (Lipinski definition) is 4. The number of rotatable bonds is 9. The van der Waals surface area contributed by atoms with Crippen molar-refractivity contribution in [2.24, 2.45) is 10.9 Å². The molecule has 2 atom stereocenters. The normalized spacial score (nSPS) is 17.3. The molecule has 7 heteroatoms. The number of likely N-dealkylation sites (N-methyl/N-ethyl adjacent to an activating group) is 1. The molecule has 29 heavy (non-hydrogen) atoms. The van der Waals surface area contributed by atoms with Gasteiger partial charge in [-0.1, -0.05) is 32.0 Å². The summed E-state index contributed by atoms with van der Waals surface area (Å²) < 4.78 is 11.6. The van der Waals surface area contributed by atoms with Crippen LogP contribution in [-0.4, -0.2) is 63.3 Å². The highest BCUT2D eigenvalue weighted by Crippen LogP contribution is 2.31. The van der Waals surface area contributed by atoms with E-state index in [0.29, 0.717) is 25.1 Å². The van der Waals surface area contributed by atoms with E-state index in [2.05, 4.69) is 35.5 Å². The molecule has 0 aliphatic carbocycles. The van der Waals surface area contributed by atoms with Crippen LogP contribution in [0.2, 0.25) is 0 Å². The Morgan fingerprint density at radius 1 is 1.34 bits per heavy atom. The summed E-state index contributed by atoms with van der Waals surface area (Å²) in [5, 5.41) is 6.87. The van der Waals surface area contributed by atoms with Gasteiger partial charge in [-0.2, -0.15) is 0 Å². The first kappa shape index (κ1) is 23.0. The van der Waals surface area contributed by atoms with Crippen LogP contribution < -0.4 is 15.4 Å². The van der Waals surface area contributed by atoms with Gasteiger partial charge in [0.15, 0.2) is 5.96 Å². The summed E-state index contributed by atoms with van der Waals surface area (Å²) in [6.07, 6.45) is 1.91. The van der Waals surface area contributed by atoms with E-state index in [9.17, 15) is 4.79 Å². The lowest BCUT2D eigenvalue weighted by Crippen LogP contribution is -2.43. The van der Waals surface area contributed by atoms with E-state index in [1.807, 2.05) is 25.1 Å². The predicted molar refractivity (Wildman–Crippen MR) is 116 cm³/mol. The molecule has 0 fully saturated rings. The van der Waals surface area contributed by atoms with Crippen LogP contribution in [0.5, 0.6) is 5.75 Å². The van der Waals surface area contributed by atoms with Crippen molar-refractivity contribution in [2.45, 2.75) is 45.8 Å². The zero-order chi connectivity index (χ0) is 21.2. The van der Waals surface area contributed by atoms with Gasteiger partial charge in [-0.25, -0.2) is 4.99 Å². The number of nitrogens with one attached hydrogen (secondary N) is 2. The van der Waals surface area contributed by atoms with E-state index in [1.165, 1.54) is 0 Å². The van der Waals surface area contributed by atoms with Gasteiger partial charge in [-0.15, -0.1) is 0 Å². The standard InChI is InChI=1S/C22H36N4O3/c1-6-28-19(16(2)3)11-13-23-22(24-15-21(27)26(4)5)25-18-12-14-29-20-10-8-7-9-17(18)20/h7-10,16,18-19H,6,11-15H2,1-5H3,(H2,23,24,25). The minimum absolute atomic E-state index is 0.0344. The minimum Gasteiger partial charge on any atom is -0.493 e. The van der Waals surface area contributed by atoms with Crippen molar-refractivity contribution in [3.8, 4) is 5.75 Å². The summed E-state index contributed by atoms with van der Waals surface area (Å²) in [5.74, 6) is 1.95. The summed E-state index contributed by atoms with van der Waals surface area (Å²) >= 11 is 0. The van der Waals surface area contributed by atoms with Gasteiger partial charge in [0.25, 0.3) is 0 Å². The lowest BCUT2D eigenvalue weighted by atomic mass is 10.0. The van der Waals surface area contributed by atoms with E-state index in [4.69, 9.17) is 9.47 Å². The number of carbonyl (C=O) groups is 1. The van der Waals surface area contributed by atoms with Crippen LogP contribution >= 0.6 is 0 Å². The second kappa shape index (κ2) is 11.7. The summed E-state index contributed by atoms with van der Waals surface area (Å²) in [7, 11) is 3.48. The maximum Gasteiger partial charge on any atom is 0.243 e. The van der Waals surface area contributed by atoms with Crippen LogP contribution in [0.4, 0.5) is 0 Å². The molecule has 2 N–H and O–H groups in total. The first-order valence-electron chi connectivity index (χ1n) is 10.5. The van der Waals surface area contributed by atoms with Gasteiger partial charge < -0.3 is 25.0 Å². The maximum atomic E-state index is 12.0. The molecule has 0 radical (unpaired) electrons. The number of fused-ring (bicyclic) bond motifs is 1. The molecule has 1 aliphatic rings. The molecular formula is C22H36N4O3. The van der Waals surface area contributed by atoms with E-state index in [-0.39, 0.29) is 24.6 Å². The molecule has 0 aromatic heterocycles. The van der Waals surface area contributed by atoms with E-state index in [0.717, 1.165) is 30.7 Å². The van der Waals surface area contributed by atoms with Crippen LogP contribution in [0, 0.1) is 5.92 Å². The van der Waals surface area contributed by atoms with Gasteiger partial charge in [0.05, 0.1) is 18.8 Å². The Bertz CT molecular complexity index is 676. The summed E-state index contributed by atoms with van der Waals surface area (Å²) in [6, 6.07) is 8.13. The highest BCUT2D eigenvalue weighted by atomic mass is 16.5. The number of hydrogen-bond donors (Lipinski definition) is 2. The zero-order valence-electron chi connectivity index (χ0n) is 18.4. The number of amides is 1.